The highest BCUT2D eigenvalue weighted by Crippen LogP contribution is 2.36. The van der Waals surface area contributed by atoms with Crippen LogP contribution in [0.25, 0.3) is 0 Å². The van der Waals surface area contributed by atoms with E-state index < -0.39 is 6.10 Å². The SMILES string of the molecule is CC(C)(C)c1nccc(C[C@@H]2[C@@H](CO)[C@H](O)C[C@H]2NCC2CC2)n1. The van der Waals surface area contributed by atoms with Crippen LogP contribution in [-0.2, 0) is 11.8 Å². The fourth-order valence-electron chi connectivity index (χ4n) is 3.73. The molecule has 0 radical (unpaired) electrons. The second kappa shape index (κ2) is 7.06. The number of nitrogens with zero attached hydrogens (tertiary/aromatic N) is 2. The van der Waals surface area contributed by atoms with Gasteiger partial charge in [-0.2, -0.15) is 0 Å². The van der Waals surface area contributed by atoms with Crippen LogP contribution < -0.4 is 5.32 Å². The monoisotopic (exact) mass is 333 g/mol. The van der Waals surface area contributed by atoms with E-state index in [1.807, 2.05) is 12.3 Å². The minimum Gasteiger partial charge on any atom is -0.396 e. The normalized spacial score (nSPS) is 30.7. The third kappa shape index (κ3) is 4.13. The zero-order valence-corrected chi connectivity index (χ0v) is 15.1. The van der Waals surface area contributed by atoms with Gasteiger partial charge < -0.3 is 15.5 Å². The molecule has 134 valence electrons. The molecule has 0 unspecified atom stereocenters. The van der Waals surface area contributed by atoms with E-state index in [1.165, 1.54) is 12.8 Å². The van der Waals surface area contributed by atoms with E-state index in [-0.39, 0.29) is 29.9 Å². The molecule has 0 aromatic carbocycles. The minimum absolute atomic E-state index is 0.0324. The van der Waals surface area contributed by atoms with Gasteiger partial charge >= 0.3 is 0 Å². The maximum Gasteiger partial charge on any atom is 0.133 e. The lowest BCUT2D eigenvalue weighted by Crippen LogP contribution is -2.37. The summed E-state index contributed by atoms with van der Waals surface area (Å²) in [4.78, 5) is 9.14. The summed E-state index contributed by atoms with van der Waals surface area (Å²) in [5.74, 6) is 1.80. The fourth-order valence-corrected chi connectivity index (χ4v) is 3.73. The van der Waals surface area contributed by atoms with Crippen LogP contribution in [0.15, 0.2) is 12.3 Å². The molecule has 3 rings (SSSR count). The largest absolute Gasteiger partial charge is 0.396 e. The van der Waals surface area contributed by atoms with Crippen LogP contribution >= 0.6 is 0 Å². The van der Waals surface area contributed by atoms with E-state index in [1.54, 1.807) is 0 Å². The molecule has 0 aliphatic heterocycles. The quantitative estimate of drug-likeness (QED) is 0.738. The summed E-state index contributed by atoms with van der Waals surface area (Å²) in [5.41, 5.74) is 0.927. The van der Waals surface area contributed by atoms with Crippen LogP contribution in [0.3, 0.4) is 0 Å². The molecule has 0 bridgehead atoms. The van der Waals surface area contributed by atoms with Crippen molar-refractivity contribution in [2.75, 3.05) is 13.2 Å². The zero-order valence-electron chi connectivity index (χ0n) is 15.1. The summed E-state index contributed by atoms with van der Waals surface area (Å²) in [6.45, 7) is 7.40. The smallest absolute Gasteiger partial charge is 0.133 e. The molecule has 0 spiro atoms. The molecule has 0 saturated heterocycles. The van der Waals surface area contributed by atoms with E-state index in [2.05, 4.69) is 31.1 Å². The maximum atomic E-state index is 10.3. The first-order valence-electron chi connectivity index (χ1n) is 9.23. The molecule has 0 amide bonds. The maximum absolute atomic E-state index is 10.3. The predicted octanol–water partition coefficient (Wildman–Crippen LogP) is 1.67. The second-order valence-corrected chi connectivity index (χ2v) is 8.60. The molecule has 1 heterocycles. The number of nitrogens with one attached hydrogen (secondary N) is 1. The van der Waals surface area contributed by atoms with E-state index in [0.29, 0.717) is 0 Å². The summed E-state index contributed by atoms with van der Waals surface area (Å²) in [7, 11) is 0. The standard InChI is InChI=1S/C19H31N3O2/c1-19(2,3)18-20-7-6-13(22-18)8-14-15(11-23)17(24)9-16(14)21-10-12-4-5-12/h6-7,12,14-17,21,23-24H,4-5,8-11H2,1-3H3/t14-,15-,16-,17-/m1/s1. The van der Waals surface area contributed by atoms with Gasteiger partial charge in [0.1, 0.15) is 5.82 Å². The average Bonchev–Trinajstić information content (AvgIpc) is 3.30. The van der Waals surface area contributed by atoms with Crippen LogP contribution in [0, 0.1) is 17.8 Å². The highest BCUT2D eigenvalue weighted by Gasteiger charge is 2.42. The van der Waals surface area contributed by atoms with Gasteiger partial charge in [0.25, 0.3) is 0 Å². The Hall–Kier alpha value is -1.04. The van der Waals surface area contributed by atoms with Crippen molar-refractivity contribution >= 4 is 0 Å². The molecule has 24 heavy (non-hydrogen) atoms. The number of hydrogen-bond donors (Lipinski definition) is 3. The molecular weight excluding hydrogens is 302 g/mol. The van der Waals surface area contributed by atoms with Crippen LogP contribution in [0.4, 0.5) is 0 Å². The van der Waals surface area contributed by atoms with E-state index in [9.17, 15) is 10.2 Å². The van der Waals surface area contributed by atoms with E-state index in [0.717, 1.165) is 36.8 Å². The second-order valence-electron chi connectivity index (χ2n) is 8.60. The first kappa shape index (κ1) is 17.8. The summed E-state index contributed by atoms with van der Waals surface area (Å²) >= 11 is 0. The first-order valence-corrected chi connectivity index (χ1v) is 9.23. The van der Waals surface area contributed by atoms with Crippen LogP contribution in [0.1, 0.15) is 51.6 Å². The van der Waals surface area contributed by atoms with Gasteiger partial charge in [0, 0.05) is 35.9 Å². The third-order valence-corrected chi connectivity index (χ3v) is 5.46. The summed E-state index contributed by atoms with van der Waals surface area (Å²) in [6.07, 6.45) is 5.53. The van der Waals surface area contributed by atoms with Gasteiger partial charge in [-0.15, -0.1) is 0 Å². The van der Waals surface area contributed by atoms with Crippen molar-refractivity contribution in [3.63, 3.8) is 0 Å². The Morgan fingerprint density at radius 2 is 2.00 bits per heavy atom. The molecule has 4 atom stereocenters. The van der Waals surface area contributed by atoms with Gasteiger partial charge in [0.15, 0.2) is 0 Å². The summed E-state index contributed by atoms with van der Waals surface area (Å²) < 4.78 is 0. The van der Waals surface area contributed by atoms with Crippen molar-refractivity contribution in [3.8, 4) is 0 Å². The molecule has 1 aromatic heterocycles. The van der Waals surface area contributed by atoms with Gasteiger partial charge in [-0.3, -0.25) is 0 Å². The number of aliphatic hydroxyl groups is 2. The minimum atomic E-state index is -0.430. The van der Waals surface area contributed by atoms with Gasteiger partial charge in [0.2, 0.25) is 0 Å². The van der Waals surface area contributed by atoms with Crippen molar-refractivity contribution in [2.24, 2.45) is 17.8 Å². The Bertz CT molecular complexity index is 554. The predicted molar refractivity (Wildman–Crippen MR) is 93.6 cm³/mol. The van der Waals surface area contributed by atoms with Crippen molar-refractivity contribution in [1.82, 2.24) is 15.3 Å². The molecule has 2 fully saturated rings. The zero-order chi connectivity index (χ0) is 17.3. The Kier molecular flexibility index (Phi) is 5.23. The topological polar surface area (TPSA) is 78.3 Å². The summed E-state index contributed by atoms with van der Waals surface area (Å²) in [6, 6.07) is 2.22. The highest BCUT2D eigenvalue weighted by atomic mass is 16.3. The van der Waals surface area contributed by atoms with Crippen molar-refractivity contribution in [3.05, 3.63) is 23.8 Å². The summed E-state index contributed by atoms with van der Waals surface area (Å²) in [5, 5.41) is 23.7. The van der Waals surface area contributed by atoms with E-state index >= 15 is 0 Å². The molecule has 5 heteroatoms. The molecule has 2 saturated carbocycles. The lowest BCUT2D eigenvalue weighted by molar-refractivity contribution is 0.0716. The van der Waals surface area contributed by atoms with Gasteiger partial charge in [0.05, 0.1) is 6.10 Å². The number of rotatable bonds is 6. The third-order valence-electron chi connectivity index (χ3n) is 5.46. The van der Waals surface area contributed by atoms with Gasteiger partial charge in [-0.1, -0.05) is 20.8 Å². The Morgan fingerprint density at radius 1 is 1.25 bits per heavy atom. The van der Waals surface area contributed by atoms with Crippen LogP contribution in [0.5, 0.6) is 0 Å². The lowest BCUT2D eigenvalue weighted by atomic mass is 9.88. The fraction of sp³-hybridized carbons (Fsp3) is 0.789. The number of hydrogen-bond acceptors (Lipinski definition) is 5. The first-order chi connectivity index (χ1) is 11.4. The molecular formula is C19H31N3O2. The molecule has 3 N–H and O–H groups in total. The molecule has 2 aliphatic rings. The Balaban J connectivity index is 1.73. The molecule has 5 nitrogen and oxygen atoms in total. The van der Waals surface area contributed by atoms with Gasteiger partial charge in [-0.05, 0) is 50.1 Å². The van der Waals surface area contributed by atoms with Crippen LogP contribution in [0.2, 0.25) is 0 Å². The van der Waals surface area contributed by atoms with Crippen LogP contribution in [-0.4, -0.2) is 45.5 Å². The lowest BCUT2D eigenvalue weighted by Gasteiger charge is -2.25. The van der Waals surface area contributed by atoms with Crippen molar-refractivity contribution in [2.45, 2.75) is 64.0 Å². The van der Waals surface area contributed by atoms with E-state index in [4.69, 9.17) is 4.98 Å². The Morgan fingerprint density at radius 3 is 2.62 bits per heavy atom. The average molecular weight is 333 g/mol. The number of aromatic nitrogens is 2. The molecule has 2 aliphatic carbocycles. The number of aliphatic hydroxyl groups excluding tert-OH is 2. The molecule has 1 aromatic rings. The van der Waals surface area contributed by atoms with Crippen molar-refractivity contribution in [1.29, 1.82) is 0 Å². The van der Waals surface area contributed by atoms with Gasteiger partial charge in [-0.25, -0.2) is 9.97 Å². The van der Waals surface area contributed by atoms with Crippen molar-refractivity contribution < 1.29 is 10.2 Å². The Labute approximate surface area is 144 Å². The highest BCUT2D eigenvalue weighted by molar-refractivity contribution is 5.11.